The van der Waals surface area contributed by atoms with E-state index in [1.54, 1.807) is 0 Å². The van der Waals surface area contributed by atoms with Crippen LogP contribution in [0.3, 0.4) is 0 Å². The highest BCUT2D eigenvalue weighted by molar-refractivity contribution is 5.15. The lowest BCUT2D eigenvalue weighted by atomic mass is 9.72. The van der Waals surface area contributed by atoms with Gasteiger partial charge in [0.1, 0.15) is 0 Å². The molecule has 0 radical (unpaired) electrons. The molecule has 1 aromatic rings. The summed E-state index contributed by atoms with van der Waals surface area (Å²) in [5.74, 6) is 1.50. The van der Waals surface area contributed by atoms with Crippen LogP contribution in [-0.2, 0) is 11.3 Å². The number of rotatable bonds is 6. The first-order valence-corrected chi connectivity index (χ1v) is 9.46. The molecule has 1 aromatic carbocycles. The Labute approximate surface area is 145 Å². The predicted molar refractivity (Wildman–Crippen MR) is 94.7 cm³/mol. The summed E-state index contributed by atoms with van der Waals surface area (Å²) in [6.07, 6.45) is 4.05. The van der Waals surface area contributed by atoms with Crippen LogP contribution >= 0.6 is 0 Å². The Morgan fingerprint density at radius 3 is 2.42 bits per heavy atom. The average Bonchev–Trinajstić information content (AvgIpc) is 2.55. The fourth-order valence-electron chi connectivity index (χ4n) is 4.81. The number of aliphatic hydroxyl groups excluding tert-OH is 1. The summed E-state index contributed by atoms with van der Waals surface area (Å²) < 4.78 is 5.34. The summed E-state index contributed by atoms with van der Waals surface area (Å²) >= 11 is 0. The maximum absolute atomic E-state index is 9.65. The Balaban J connectivity index is 1.36. The zero-order chi connectivity index (χ0) is 16.4. The number of likely N-dealkylation sites (tertiary alicyclic amines) is 1. The molecule has 0 aromatic heterocycles. The van der Waals surface area contributed by atoms with Gasteiger partial charge in [0.2, 0.25) is 0 Å². The normalized spacial score (nSPS) is 32.3. The lowest BCUT2D eigenvalue weighted by Crippen LogP contribution is -2.61. The minimum absolute atomic E-state index is 0.0184. The second kappa shape index (κ2) is 7.12. The van der Waals surface area contributed by atoms with E-state index in [-0.39, 0.29) is 12.0 Å². The molecule has 4 rings (SSSR count). The summed E-state index contributed by atoms with van der Waals surface area (Å²) in [5.41, 5.74) is 1.41. The zero-order valence-corrected chi connectivity index (χ0v) is 14.5. The molecule has 24 heavy (non-hydrogen) atoms. The molecule has 0 amide bonds. The van der Waals surface area contributed by atoms with Crippen molar-refractivity contribution in [2.45, 2.75) is 31.8 Å². The minimum Gasteiger partial charge on any atom is -0.396 e. The molecule has 2 unspecified atom stereocenters. The number of ether oxygens (including phenoxy) is 1. The summed E-state index contributed by atoms with van der Waals surface area (Å²) in [5, 5.41) is 13.5. The smallest absolute Gasteiger partial charge is 0.0579 e. The SMILES string of the molecule is OCC1(CNC2C3CCCC2CN(Cc2ccccc2)C3)COC1. The van der Waals surface area contributed by atoms with E-state index in [9.17, 15) is 5.11 Å². The van der Waals surface area contributed by atoms with Crippen LogP contribution in [0.4, 0.5) is 0 Å². The Bertz CT molecular complexity index is 512. The minimum atomic E-state index is -0.0184. The maximum atomic E-state index is 9.65. The molecule has 1 aliphatic carbocycles. The van der Waals surface area contributed by atoms with E-state index in [2.05, 4.69) is 40.5 Å². The van der Waals surface area contributed by atoms with Gasteiger partial charge < -0.3 is 15.2 Å². The van der Waals surface area contributed by atoms with E-state index < -0.39 is 0 Å². The second-order valence-electron chi connectivity index (χ2n) is 8.19. The van der Waals surface area contributed by atoms with Crippen molar-refractivity contribution in [3.8, 4) is 0 Å². The number of hydrogen-bond donors (Lipinski definition) is 2. The Kier molecular flexibility index (Phi) is 4.90. The Morgan fingerprint density at radius 2 is 1.83 bits per heavy atom. The third-order valence-corrected chi connectivity index (χ3v) is 6.26. The maximum Gasteiger partial charge on any atom is 0.0579 e. The van der Waals surface area contributed by atoms with Crippen molar-refractivity contribution in [2.24, 2.45) is 17.3 Å². The van der Waals surface area contributed by atoms with Crippen LogP contribution in [0.5, 0.6) is 0 Å². The van der Waals surface area contributed by atoms with Gasteiger partial charge in [0.25, 0.3) is 0 Å². The largest absolute Gasteiger partial charge is 0.396 e. The van der Waals surface area contributed by atoms with Gasteiger partial charge >= 0.3 is 0 Å². The molecule has 2 aliphatic heterocycles. The Hall–Kier alpha value is -0.940. The summed E-state index contributed by atoms with van der Waals surface area (Å²) in [7, 11) is 0. The first-order valence-electron chi connectivity index (χ1n) is 9.46. The van der Waals surface area contributed by atoms with E-state index in [1.807, 2.05) is 0 Å². The van der Waals surface area contributed by atoms with Gasteiger partial charge in [-0.3, -0.25) is 4.90 Å². The van der Waals surface area contributed by atoms with Crippen molar-refractivity contribution >= 4 is 0 Å². The topological polar surface area (TPSA) is 44.7 Å². The fourth-order valence-corrected chi connectivity index (χ4v) is 4.81. The number of benzene rings is 1. The van der Waals surface area contributed by atoms with Crippen LogP contribution in [0.1, 0.15) is 24.8 Å². The van der Waals surface area contributed by atoms with Crippen molar-refractivity contribution < 1.29 is 9.84 Å². The fraction of sp³-hybridized carbons (Fsp3) is 0.700. The molecule has 1 saturated carbocycles. The van der Waals surface area contributed by atoms with E-state index in [0.717, 1.165) is 24.9 Å². The number of piperidine rings is 1. The van der Waals surface area contributed by atoms with Gasteiger partial charge in [0, 0.05) is 32.2 Å². The van der Waals surface area contributed by atoms with Crippen molar-refractivity contribution in [2.75, 3.05) is 39.5 Å². The molecule has 2 heterocycles. The van der Waals surface area contributed by atoms with Crippen LogP contribution in [0.25, 0.3) is 0 Å². The van der Waals surface area contributed by atoms with E-state index in [0.29, 0.717) is 19.3 Å². The predicted octanol–water partition coefficient (Wildman–Crippen LogP) is 1.89. The highest BCUT2D eigenvalue weighted by Crippen LogP contribution is 2.36. The first-order chi connectivity index (χ1) is 11.8. The first kappa shape index (κ1) is 16.5. The number of aliphatic hydroxyl groups is 1. The lowest BCUT2D eigenvalue weighted by molar-refractivity contribution is -0.137. The zero-order valence-electron chi connectivity index (χ0n) is 14.5. The van der Waals surface area contributed by atoms with Gasteiger partial charge in [-0.2, -0.15) is 0 Å². The average molecular weight is 330 g/mol. The number of hydrogen-bond acceptors (Lipinski definition) is 4. The van der Waals surface area contributed by atoms with Crippen LogP contribution in [-0.4, -0.2) is 55.5 Å². The molecule has 3 aliphatic rings. The molecule has 4 nitrogen and oxygen atoms in total. The lowest BCUT2D eigenvalue weighted by Gasteiger charge is -2.49. The van der Waals surface area contributed by atoms with Crippen LogP contribution in [0.2, 0.25) is 0 Å². The molecule has 2 bridgehead atoms. The van der Waals surface area contributed by atoms with Gasteiger partial charge in [-0.05, 0) is 30.2 Å². The number of fused-ring (bicyclic) bond motifs is 2. The quantitative estimate of drug-likeness (QED) is 0.836. The molecular formula is C20H30N2O2. The summed E-state index contributed by atoms with van der Waals surface area (Å²) in [4.78, 5) is 2.65. The van der Waals surface area contributed by atoms with Crippen LogP contribution in [0.15, 0.2) is 30.3 Å². The summed E-state index contributed by atoms with van der Waals surface area (Å²) in [6, 6.07) is 11.5. The highest BCUT2D eigenvalue weighted by atomic mass is 16.5. The number of nitrogens with one attached hydrogen (secondary N) is 1. The molecule has 132 valence electrons. The van der Waals surface area contributed by atoms with Crippen molar-refractivity contribution in [3.63, 3.8) is 0 Å². The van der Waals surface area contributed by atoms with Gasteiger partial charge in [0.15, 0.2) is 0 Å². The van der Waals surface area contributed by atoms with Gasteiger partial charge in [0.05, 0.1) is 25.2 Å². The summed E-state index contributed by atoms with van der Waals surface area (Å²) in [6.45, 7) is 6.03. The van der Waals surface area contributed by atoms with Crippen molar-refractivity contribution in [3.05, 3.63) is 35.9 Å². The Morgan fingerprint density at radius 1 is 1.12 bits per heavy atom. The monoisotopic (exact) mass is 330 g/mol. The van der Waals surface area contributed by atoms with Crippen molar-refractivity contribution in [1.29, 1.82) is 0 Å². The molecule has 3 fully saturated rings. The third-order valence-electron chi connectivity index (χ3n) is 6.26. The molecule has 2 saturated heterocycles. The van der Waals surface area contributed by atoms with Crippen LogP contribution in [0, 0.1) is 17.3 Å². The molecular weight excluding hydrogens is 300 g/mol. The van der Waals surface area contributed by atoms with Gasteiger partial charge in [-0.1, -0.05) is 36.8 Å². The van der Waals surface area contributed by atoms with E-state index in [4.69, 9.17) is 4.74 Å². The highest BCUT2D eigenvalue weighted by Gasteiger charge is 2.43. The molecule has 2 atom stereocenters. The van der Waals surface area contributed by atoms with Gasteiger partial charge in [-0.25, -0.2) is 0 Å². The van der Waals surface area contributed by atoms with E-state index >= 15 is 0 Å². The second-order valence-corrected chi connectivity index (χ2v) is 8.19. The van der Waals surface area contributed by atoms with Gasteiger partial charge in [-0.15, -0.1) is 0 Å². The van der Waals surface area contributed by atoms with E-state index in [1.165, 1.54) is 37.9 Å². The third kappa shape index (κ3) is 3.38. The van der Waals surface area contributed by atoms with Crippen molar-refractivity contribution in [1.82, 2.24) is 10.2 Å². The molecule has 2 N–H and O–H groups in total. The molecule has 0 spiro atoms. The molecule has 4 heteroatoms. The number of nitrogens with zero attached hydrogens (tertiary/aromatic N) is 1. The standard InChI is InChI=1S/C20H30N2O2/c23-13-20(14-24-15-20)12-21-19-17-7-4-8-18(19)11-22(10-17)9-16-5-2-1-3-6-16/h1-3,5-6,17-19,21,23H,4,7-15H2. The van der Waals surface area contributed by atoms with Crippen LogP contribution < -0.4 is 5.32 Å².